The molecule has 0 radical (unpaired) electrons. The summed E-state index contributed by atoms with van der Waals surface area (Å²) < 4.78 is 14.8. The van der Waals surface area contributed by atoms with Gasteiger partial charge in [0.2, 0.25) is 0 Å². The van der Waals surface area contributed by atoms with Crippen LogP contribution in [0.1, 0.15) is 18.5 Å². The van der Waals surface area contributed by atoms with Gasteiger partial charge in [-0.25, -0.2) is 4.79 Å². The highest BCUT2D eigenvalue weighted by atomic mass is 16.6. The molecule has 1 atom stereocenters. The minimum absolute atomic E-state index is 0.0886. The summed E-state index contributed by atoms with van der Waals surface area (Å²) in [6.07, 6.45) is 3.36. The number of rotatable bonds is 6. The molecular weight excluding hydrogens is 258 g/mol. The Kier molecular flexibility index (Phi) is 4.65. The third-order valence-corrected chi connectivity index (χ3v) is 2.87. The maximum atomic E-state index is 11.0. The molecule has 1 aromatic heterocycles. The van der Waals surface area contributed by atoms with E-state index in [4.69, 9.17) is 9.15 Å². The number of nitrogens with one attached hydrogen (secondary N) is 1. The van der Waals surface area contributed by atoms with Crippen molar-refractivity contribution in [2.24, 2.45) is 0 Å². The molecule has 0 amide bonds. The second-order valence-electron chi connectivity index (χ2n) is 4.31. The summed E-state index contributed by atoms with van der Waals surface area (Å²) in [7, 11) is 1.33. The van der Waals surface area contributed by atoms with Gasteiger partial charge < -0.3 is 19.2 Å². The van der Waals surface area contributed by atoms with Crippen molar-refractivity contribution in [2.75, 3.05) is 19.0 Å². The minimum Gasteiger partial charge on any atom is -0.482 e. The smallest absolute Gasteiger partial charge is 0.343 e. The van der Waals surface area contributed by atoms with Crippen molar-refractivity contribution in [2.45, 2.75) is 13.0 Å². The largest absolute Gasteiger partial charge is 0.482 e. The first-order chi connectivity index (χ1) is 9.69. The van der Waals surface area contributed by atoms with E-state index in [2.05, 4.69) is 10.1 Å². The van der Waals surface area contributed by atoms with Crippen LogP contribution in [0.2, 0.25) is 0 Å². The van der Waals surface area contributed by atoms with Crippen LogP contribution in [0, 0.1) is 0 Å². The van der Waals surface area contributed by atoms with Crippen molar-refractivity contribution in [1.29, 1.82) is 0 Å². The van der Waals surface area contributed by atoms with Gasteiger partial charge in [-0.2, -0.15) is 0 Å². The number of esters is 1. The summed E-state index contributed by atoms with van der Waals surface area (Å²) in [5.74, 6) is 0.220. The number of hydrogen-bond donors (Lipinski definition) is 1. The van der Waals surface area contributed by atoms with Gasteiger partial charge in [0.15, 0.2) is 6.61 Å². The number of hydrogen-bond acceptors (Lipinski definition) is 5. The fourth-order valence-corrected chi connectivity index (χ4v) is 1.70. The monoisotopic (exact) mass is 275 g/mol. The fraction of sp³-hybridized carbons (Fsp3) is 0.267. The van der Waals surface area contributed by atoms with Gasteiger partial charge in [0.25, 0.3) is 0 Å². The molecule has 5 heteroatoms. The summed E-state index contributed by atoms with van der Waals surface area (Å²) in [6.45, 7) is 1.96. The van der Waals surface area contributed by atoms with Gasteiger partial charge in [0.05, 0.1) is 25.7 Å². The molecule has 0 aliphatic carbocycles. The van der Waals surface area contributed by atoms with Crippen molar-refractivity contribution in [3.63, 3.8) is 0 Å². The van der Waals surface area contributed by atoms with E-state index in [0.717, 1.165) is 11.3 Å². The van der Waals surface area contributed by atoms with Crippen LogP contribution in [-0.4, -0.2) is 19.7 Å². The Labute approximate surface area is 117 Å². The Morgan fingerprint density at radius 2 is 2.05 bits per heavy atom. The highest BCUT2D eigenvalue weighted by Gasteiger charge is 2.07. The zero-order chi connectivity index (χ0) is 14.4. The predicted octanol–water partition coefficient (Wildman–Crippen LogP) is 3.00. The highest BCUT2D eigenvalue weighted by Crippen LogP contribution is 2.21. The predicted molar refractivity (Wildman–Crippen MR) is 74.7 cm³/mol. The van der Waals surface area contributed by atoms with Gasteiger partial charge >= 0.3 is 5.97 Å². The molecule has 5 nitrogen and oxygen atoms in total. The summed E-state index contributed by atoms with van der Waals surface area (Å²) in [5, 5.41) is 3.34. The van der Waals surface area contributed by atoms with Gasteiger partial charge in [-0.3, -0.25) is 0 Å². The van der Waals surface area contributed by atoms with E-state index in [-0.39, 0.29) is 12.6 Å². The normalized spacial score (nSPS) is 11.7. The zero-order valence-corrected chi connectivity index (χ0v) is 11.5. The fourth-order valence-electron chi connectivity index (χ4n) is 1.70. The standard InChI is InChI=1S/C15H17NO4/c1-11(12-7-8-19-9-12)16-13-3-5-14(6-4-13)20-10-15(17)18-2/h3-9,11,16H,10H2,1-2H3. The molecule has 20 heavy (non-hydrogen) atoms. The van der Waals surface area contributed by atoms with Crippen molar-refractivity contribution >= 4 is 11.7 Å². The Morgan fingerprint density at radius 1 is 1.30 bits per heavy atom. The number of carbonyl (C=O) groups excluding carboxylic acids is 1. The van der Waals surface area contributed by atoms with Crippen molar-refractivity contribution < 1.29 is 18.7 Å². The first-order valence-corrected chi connectivity index (χ1v) is 6.27. The Bertz CT molecular complexity index is 534. The van der Waals surface area contributed by atoms with Gasteiger partial charge in [-0.15, -0.1) is 0 Å². The van der Waals surface area contributed by atoms with Crippen LogP contribution < -0.4 is 10.1 Å². The number of furan rings is 1. The molecule has 1 heterocycles. The molecule has 0 bridgehead atoms. The number of methoxy groups -OCH3 is 1. The topological polar surface area (TPSA) is 60.7 Å². The van der Waals surface area contributed by atoms with E-state index in [1.807, 2.05) is 25.1 Å². The van der Waals surface area contributed by atoms with E-state index >= 15 is 0 Å². The van der Waals surface area contributed by atoms with E-state index in [1.165, 1.54) is 7.11 Å². The average molecular weight is 275 g/mol. The molecule has 0 aliphatic heterocycles. The lowest BCUT2D eigenvalue weighted by Crippen LogP contribution is -2.12. The first kappa shape index (κ1) is 14.0. The van der Waals surface area contributed by atoms with Crippen molar-refractivity contribution in [1.82, 2.24) is 0 Å². The van der Waals surface area contributed by atoms with E-state index in [1.54, 1.807) is 24.7 Å². The molecule has 0 saturated heterocycles. The van der Waals surface area contributed by atoms with Crippen molar-refractivity contribution in [3.05, 3.63) is 48.4 Å². The van der Waals surface area contributed by atoms with Gasteiger partial charge in [-0.1, -0.05) is 0 Å². The second kappa shape index (κ2) is 6.65. The molecule has 2 rings (SSSR count). The second-order valence-corrected chi connectivity index (χ2v) is 4.31. The lowest BCUT2D eigenvalue weighted by atomic mass is 10.1. The van der Waals surface area contributed by atoms with Gasteiger partial charge in [-0.05, 0) is 37.3 Å². The van der Waals surface area contributed by atoms with Crippen LogP contribution in [0.25, 0.3) is 0 Å². The zero-order valence-electron chi connectivity index (χ0n) is 11.5. The van der Waals surface area contributed by atoms with Crippen LogP contribution in [-0.2, 0) is 9.53 Å². The lowest BCUT2D eigenvalue weighted by Gasteiger charge is -2.14. The van der Waals surface area contributed by atoms with Crippen LogP contribution in [0.15, 0.2) is 47.3 Å². The number of benzene rings is 1. The molecule has 0 aliphatic rings. The molecule has 0 saturated carbocycles. The van der Waals surface area contributed by atoms with Crippen LogP contribution in [0.5, 0.6) is 5.75 Å². The summed E-state index contributed by atoms with van der Waals surface area (Å²) in [4.78, 5) is 11.0. The van der Waals surface area contributed by atoms with Gasteiger partial charge in [0.1, 0.15) is 5.75 Å². The van der Waals surface area contributed by atoms with Gasteiger partial charge in [0, 0.05) is 11.3 Å². The van der Waals surface area contributed by atoms with Crippen LogP contribution in [0.3, 0.4) is 0 Å². The first-order valence-electron chi connectivity index (χ1n) is 6.27. The Hall–Kier alpha value is -2.43. The number of ether oxygens (including phenoxy) is 2. The van der Waals surface area contributed by atoms with E-state index < -0.39 is 5.97 Å². The molecule has 0 fully saturated rings. The summed E-state index contributed by atoms with van der Waals surface area (Å²) in [5.41, 5.74) is 2.04. The number of anilines is 1. The van der Waals surface area contributed by atoms with Crippen LogP contribution in [0.4, 0.5) is 5.69 Å². The highest BCUT2D eigenvalue weighted by molar-refractivity contribution is 5.70. The minimum atomic E-state index is -0.402. The maximum Gasteiger partial charge on any atom is 0.343 e. The third-order valence-electron chi connectivity index (χ3n) is 2.87. The summed E-state index contributed by atoms with van der Waals surface area (Å²) >= 11 is 0. The average Bonchev–Trinajstić information content (AvgIpc) is 3.00. The molecule has 1 unspecified atom stereocenters. The van der Waals surface area contributed by atoms with Crippen LogP contribution >= 0.6 is 0 Å². The third kappa shape index (κ3) is 3.78. The maximum absolute atomic E-state index is 11.0. The Morgan fingerprint density at radius 3 is 2.65 bits per heavy atom. The van der Waals surface area contributed by atoms with E-state index in [0.29, 0.717) is 5.75 Å². The van der Waals surface area contributed by atoms with E-state index in [9.17, 15) is 4.79 Å². The molecule has 0 spiro atoms. The quantitative estimate of drug-likeness (QED) is 0.821. The Balaban J connectivity index is 1.89. The summed E-state index contributed by atoms with van der Waals surface area (Å²) in [6, 6.07) is 9.45. The lowest BCUT2D eigenvalue weighted by molar-refractivity contribution is -0.142. The SMILES string of the molecule is COC(=O)COc1ccc(NC(C)c2ccoc2)cc1. The molecular formula is C15H17NO4. The van der Waals surface area contributed by atoms with Crippen molar-refractivity contribution in [3.8, 4) is 5.75 Å². The molecule has 106 valence electrons. The molecule has 2 aromatic rings. The number of carbonyl (C=O) groups is 1. The molecule has 1 N–H and O–H groups in total. The molecule has 1 aromatic carbocycles.